The van der Waals surface area contributed by atoms with Crippen LogP contribution >= 0.6 is 11.8 Å². The van der Waals surface area contributed by atoms with E-state index in [0.29, 0.717) is 35.2 Å². The van der Waals surface area contributed by atoms with E-state index in [9.17, 15) is 18.0 Å². The summed E-state index contributed by atoms with van der Waals surface area (Å²) in [4.78, 5) is 31.8. The maximum atomic E-state index is 13.0. The number of nitrogens with one attached hydrogen (secondary N) is 2. The first-order valence-electron chi connectivity index (χ1n) is 10.3. The fraction of sp³-hybridized carbons (Fsp3) is 0.476. The SMILES string of the molecule is CSc1nc(C)c(CCC(=O)Nc2cccc(S(=O)(=O)N3CCCCCC3)c2)c(=O)[nH]1. The van der Waals surface area contributed by atoms with Gasteiger partial charge in [0.05, 0.1) is 4.90 Å². The number of hydrogen-bond acceptors (Lipinski definition) is 6. The summed E-state index contributed by atoms with van der Waals surface area (Å²) in [5, 5.41) is 3.28. The molecule has 2 heterocycles. The maximum Gasteiger partial charge on any atom is 0.254 e. The van der Waals surface area contributed by atoms with Gasteiger partial charge in [0.15, 0.2) is 5.16 Å². The van der Waals surface area contributed by atoms with Crippen LogP contribution in [-0.2, 0) is 21.2 Å². The van der Waals surface area contributed by atoms with Crippen molar-refractivity contribution >= 4 is 33.4 Å². The molecule has 0 bridgehead atoms. The number of nitrogens with zero attached hydrogens (tertiary/aromatic N) is 2. The van der Waals surface area contributed by atoms with E-state index in [2.05, 4.69) is 15.3 Å². The number of carbonyl (C=O) groups excluding carboxylic acids is 1. The average Bonchev–Trinajstić information content (AvgIpc) is 3.03. The van der Waals surface area contributed by atoms with Gasteiger partial charge in [-0.3, -0.25) is 9.59 Å². The zero-order chi connectivity index (χ0) is 22.4. The number of benzene rings is 1. The molecule has 0 unspecified atom stereocenters. The summed E-state index contributed by atoms with van der Waals surface area (Å²) >= 11 is 1.35. The van der Waals surface area contributed by atoms with Crippen LogP contribution in [0.4, 0.5) is 5.69 Å². The van der Waals surface area contributed by atoms with Gasteiger partial charge in [-0.2, -0.15) is 4.31 Å². The summed E-state index contributed by atoms with van der Waals surface area (Å²) in [5.41, 5.74) is 1.26. The average molecular weight is 465 g/mol. The minimum absolute atomic E-state index is 0.0906. The Kier molecular flexibility index (Phi) is 7.90. The molecule has 0 spiro atoms. The predicted molar refractivity (Wildman–Crippen MR) is 122 cm³/mol. The topological polar surface area (TPSA) is 112 Å². The van der Waals surface area contributed by atoms with Gasteiger partial charge in [-0.1, -0.05) is 30.7 Å². The van der Waals surface area contributed by atoms with Crippen LogP contribution in [0.5, 0.6) is 0 Å². The molecule has 1 aliphatic rings. The minimum Gasteiger partial charge on any atom is -0.326 e. The summed E-state index contributed by atoms with van der Waals surface area (Å²) in [5.74, 6) is -0.294. The van der Waals surface area contributed by atoms with Crippen LogP contribution < -0.4 is 10.9 Å². The summed E-state index contributed by atoms with van der Waals surface area (Å²) < 4.78 is 27.5. The molecule has 1 fully saturated rings. The largest absolute Gasteiger partial charge is 0.326 e. The van der Waals surface area contributed by atoms with Gasteiger partial charge < -0.3 is 10.3 Å². The van der Waals surface area contributed by atoms with Crippen LogP contribution in [0.15, 0.2) is 39.1 Å². The van der Waals surface area contributed by atoms with Gasteiger partial charge in [-0.05, 0) is 50.6 Å². The van der Waals surface area contributed by atoms with Crippen molar-refractivity contribution in [2.24, 2.45) is 0 Å². The lowest BCUT2D eigenvalue weighted by molar-refractivity contribution is -0.116. The number of carbonyl (C=O) groups is 1. The molecular weight excluding hydrogens is 436 g/mol. The van der Waals surface area contributed by atoms with E-state index >= 15 is 0 Å². The molecule has 2 N–H and O–H groups in total. The van der Waals surface area contributed by atoms with Crippen LogP contribution in [0.25, 0.3) is 0 Å². The van der Waals surface area contributed by atoms with Crippen molar-refractivity contribution in [1.82, 2.24) is 14.3 Å². The first-order chi connectivity index (χ1) is 14.8. The lowest BCUT2D eigenvalue weighted by Crippen LogP contribution is -2.32. The molecule has 0 atom stereocenters. The molecule has 168 valence electrons. The molecule has 1 saturated heterocycles. The molecule has 8 nitrogen and oxygen atoms in total. The van der Waals surface area contributed by atoms with Gasteiger partial charge in [0.25, 0.3) is 5.56 Å². The fourth-order valence-corrected chi connectivity index (χ4v) is 5.59. The van der Waals surface area contributed by atoms with Gasteiger partial charge in [0.1, 0.15) is 0 Å². The fourth-order valence-electron chi connectivity index (χ4n) is 3.60. The van der Waals surface area contributed by atoms with Crippen LogP contribution in [0.3, 0.4) is 0 Å². The molecule has 3 rings (SSSR count). The van der Waals surface area contributed by atoms with Crippen molar-refractivity contribution in [2.75, 3.05) is 24.7 Å². The first kappa shape index (κ1) is 23.5. The number of sulfonamides is 1. The molecule has 0 aliphatic carbocycles. The van der Waals surface area contributed by atoms with Gasteiger partial charge in [0.2, 0.25) is 15.9 Å². The predicted octanol–water partition coefficient (Wildman–Crippen LogP) is 2.94. The van der Waals surface area contributed by atoms with E-state index in [-0.39, 0.29) is 29.2 Å². The Morgan fingerprint density at radius 3 is 2.58 bits per heavy atom. The molecular formula is C21H28N4O4S2. The monoisotopic (exact) mass is 464 g/mol. The van der Waals surface area contributed by atoms with Crippen LogP contribution in [0, 0.1) is 6.92 Å². The molecule has 0 radical (unpaired) electrons. The van der Waals surface area contributed by atoms with E-state index in [0.717, 1.165) is 25.7 Å². The van der Waals surface area contributed by atoms with Crippen molar-refractivity contribution in [3.05, 3.63) is 45.9 Å². The molecule has 1 aromatic carbocycles. The lowest BCUT2D eigenvalue weighted by atomic mass is 10.1. The molecule has 31 heavy (non-hydrogen) atoms. The third-order valence-corrected chi connectivity index (χ3v) is 7.79. The van der Waals surface area contributed by atoms with Crippen molar-refractivity contribution in [3.8, 4) is 0 Å². The first-order valence-corrected chi connectivity index (χ1v) is 13.0. The second kappa shape index (κ2) is 10.4. The lowest BCUT2D eigenvalue weighted by Gasteiger charge is -2.20. The third kappa shape index (κ3) is 5.96. The van der Waals surface area contributed by atoms with Crippen molar-refractivity contribution in [2.45, 2.75) is 55.5 Å². The Hall–Kier alpha value is -2.17. The number of aromatic amines is 1. The summed E-state index contributed by atoms with van der Waals surface area (Å²) in [6, 6.07) is 6.33. The number of aryl methyl sites for hydroxylation is 1. The molecule has 1 amide bonds. The number of anilines is 1. The number of H-pyrrole nitrogens is 1. The summed E-state index contributed by atoms with van der Waals surface area (Å²) in [7, 11) is -3.59. The van der Waals surface area contributed by atoms with Gasteiger partial charge >= 0.3 is 0 Å². The second-order valence-corrected chi connectivity index (χ2v) is 10.3. The smallest absolute Gasteiger partial charge is 0.254 e. The van der Waals surface area contributed by atoms with E-state index in [1.807, 2.05) is 6.26 Å². The summed E-state index contributed by atoms with van der Waals surface area (Å²) in [6.07, 6.45) is 5.97. The van der Waals surface area contributed by atoms with Crippen molar-refractivity contribution in [1.29, 1.82) is 0 Å². The van der Waals surface area contributed by atoms with E-state index in [1.165, 1.54) is 22.1 Å². The van der Waals surface area contributed by atoms with Gasteiger partial charge in [-0.15, -0.1) is 0 Å². The number of amides is 1. The summed E-state index contributed by atoms with van der Waals surface area (Å²) in [6.45, 7) is 2.80. The third-order valence-electron chi connectivity index (χ3n) is 5.32. The number of hydrogen-bond donors (Lipinski definition) is 2. The molecule has 1 aliphatic heterocycles. The highest BCUT2D eigenvalue weighted by Gasteiger charge is 2.25. The Balaban J connectivity index is 1.67. The van der Waals surface area contributed by atoms with E-state index < -0.39 is 10.0 Å². The van der Waals surface area contributed by atoms with E-state index in [1.54, 1.807) is 25.1 Å². The highest BCUT2D eigenvalue weighted by Crippen LogP contribution is 2.23. The molecule has 10 heteroatoms. The van der Waals surface area contributed by atoms with E-state index in [4.69, 9.17) is 0 Å². The standard InChI is InChI=1S/C21H28N4O4S2/c1-15-18(20(27)24-21(22-15)30-2)10-11-19(26)23-16-8-7-9-17(14-16)31(28,29)25-12-5-3-4-6-13-25/h7-9,14H,3-6,10-13H2,1-2H3,(H,23,26)(H,22,24,27). The highest BCUT2D eigenvalue weighted by molar-refractivity contribution is 7.98. The molecule has 1 aromatic heterocycles. The Morgan fingerprint density at radius 1 is 1.23 bits per heavy atom. The zero-order valence-corrected chi connectivity index (χ0v) is 19.4. The number of thioether (sulfide) groups is 1. The maximum absolute atomic E-state index is 13.0. The van der Waals surface area contributed by atoms with Gasteiger partial charge in [-0.25, -0.2) is 13.4 Å². The molecule has 0 saturated carbocycles. The second-order valence-electron chi connectivity index (χ2n) is 7.53. The quantitative estimate of drug-likeness (QED) is 0.481. The Bertz CT molecular complexity index is 1090. The number of aromatic nitrogens is 2. The Labute approximate surface area is 186 Å². The number of rotatable bonds is 7. The van der Waals surface area contributed by atoms with Crippen LogP contribution in [-0.4, -0.2) is 47.9 Å². The normalized spacial score (nSPS) is 15.4. The van der Waals surface area contributed by atoms with Crippen molar-refractivity contribution in [3.63, 3.8) is 0 Å². The molecule has 2 aromatic rings. The zero-order valence-electron chi connectivity index (χ0n) is 17.8. The highest BCUT2D eigenvalue weighted by atomic mass is 32.2. The van der Waals surface area contributed by atoms with Crippen molar-refractivity contribution < 1.29 is 13.2 Å². The van der Waals surface area contributed by atoms with Crippen LogP contribution in [0.1, 0.15) is 43.4 Å². The van der Waals surface area contributed by atoms with Gasteiger partial charge in [0, 0.05) is 36.5 Å². The Morgan fingerprint density at radius 2 is 1.94 bits per heavy atom. The van der Waals surface area contributed by atoms with Crippen LogP contribution in [0.2, 0.25) is 0 Å². The minimum atomic E-state index is -3.59.